The molecule has 0 N–H and O–H groups in total. The Hall–Kier alpha value is -1.56. The molecule has 128 valence electrons. The number of piperazine rings is 1. The van der Waals surface area contributed by atoms with Gasteiger partial charge in [0.1, 0.15) is 6.54 Å². The minimum Gasteiger partial charge on any atom is -0.339 e. The first kappa shape index (κ1) is 17.3. The molecule has 1 aliphatic rings. The number of aromatic nitrogens is 2. The Morgan fingerprint density at radius 3 is 2.38 bits per heavy atom. The van der Waals surface area contributed by atoms with Gasteiger partial charge in [0.25, 0.3) is 0 Å². The molecule has 1 saturated heterocycles. The molecule has 0 radical (unpaired) electrons. The Bertz CT molecular complexity index is 703. The molecule has 1 amide bonds. The average molecular weight is 367 g/mol. The van der Waals surface area contributed by atoms with Gasteiger partial charge in [-0.2, -0.15) is 5.10 Å². The Morgan fingerprint density at radius 2 is 1.79 bits per heavy atom. The largest absolute Gasteiger partial charge is 0.339 e. The van der Waals surface area contributed by atoms with E-state index in [9.17, 15) is 4.79 Å². The van der Waals surface area contributed by atoms with Crippen LogP contribution >= 0.6 is 23.2 Å². The number of benzene rings is 1. The van der Waals surface area contributed by atoms with Gasteiger partial charge < -0.3 is 4.90 Å². The second-order valence-corrected chi connectivity index (χ2v) is 6.80. The summed E-state index contributed by atoms with van der Waals surface area (Å²) in [6, 6.07) is 7.46. The van der Waals surface area contributed by atoms with E-state index in [-0.39, 0.29) is 5.91 Å². The monoisotopic (exact) mass is 366 g/mol. The number of nitrogens with zero attached hydrogens (tertiary/aromatic N) is 4. The highest BCUT2D eigenvalue weighted by atomic mass is 35.5. The zero-order chi connectivity index (χ0) is 17.1. The van der Waals surface area contributed by atoms with Crippen molar-refractivity contribution in [2.75, 3.05) is 26.2 Å². The van der Waals surface area contributed by atoms with Gasteiger partial charge in [-0.3, -0.25) is 14.4 Å². The van der Waals surface area contributed by atoms with Crippen molar-refractivity contribution in [1.29, 1.82) is 0 Å². The molecule has 7 heteroatoms. The molecule has 0 bridgehead atoms. The number of rotatable bonds is 4. The van der Waals surface area contributed by atoms with E-state index >= 15 is 0 Å². The van der Waals surface area contributed by atoms with Gasteiger partial charge in [0, 0.05) is 60.2 Å². The topological polar surface area (TPSA) is 41.4 Å². The molecule has 1 aromatic carbocycles. The van der Waals surface area contributed by atoms with Gasteiger partial charge in [-0.25, -0.2) is 0 Å². The first-order valence-electron chi connectivity index (χ1n) is 7.96. The zero-order valence-corrected chi connectivity index (χ0v) is 15.1. The van der Waals surface area contributed by atoms with Crippen LogP contribution in [0.15, 0.2) is 30.5 Å². The van der Waals surface area contributed by atoms with Gasteiger partial charge in [-0.1, -0.05) is 29.3 Å². The number of carbonyl (C=O) groups is 1. The molecular formula is C17H20Cl2N4O. The van der Waals surface area contributed by atoms with Crippen LogP contribution in [0.3, 0.4) is 0 Å². The Morgan fingerprint density at radius 1 is 1.12 bits per heavy atom. The zero-order valence-electron chi connectivity index (χ0n) is 13.6. The molecule has 2 heterocycles. The molecule has 1 fully saturated rings. The summed E-state index contributed by atoms with van der Waals surface area (Å²) >= 11 is 12.5. The Balaban J connectivity index is 1.54. The summed E-state index contributed by atoms with van der Waals surface area (Å²) in [6.45, 7) is 6.00. The summed E-state index contributed by atoms with van der Waals surface area (Å²) in [6.07, 6.45) is 1.72. The Kier molecular flexibility index (Phi) is 5.43. The number of halogens is 2. The van der Waals surface area contributed by atoms with Gasteiger partial charge in [0.15, 0.2) is 0 Å². The number of amides is 1. The number of hydrogen-bond donors (Lipinski definition) is 0. The third-order valence-electron chi connectivity index (χ3n) is 4.38. The van der Waals surface area contributed by atoms with Crippen molar-refractivity contribution in [3.05, 3.63) is 51.8 Å². The van der Waals surface area contributed by atoms with Crippen molar-refractivity contribution in [2.45, 2.75) is 20.0 Å². The standard InChI is InChI=1S/C17H20Cl2N4O/c1-13-5-6-20-23(13)12-17(24)22-9-7-21(8-10-22)11-14-15(18)3-2-4-16(14)19/h2-6H,7-12H2,1H3. The average Bonchev–Trinajstić information content (AvgIpc) is 2.97. The quantitative estimate of drug-likeness (QED) is 0.835. The SMILES string of the molecule is Cc1ccnn1CC(=O)N1CCN(Cc2c(Cl)cccc2Cl)CC1. The van der Waals surface area contributed by atoms with Crippen molar-refractivity contribution in [3.63, 3.8) is 0 Å². The maximum absolute atomic E-state index is 12.4. The second kappa shape index (κ2) is 7.55. The summed E-state index contributed by atoms with van der Waals surface area (Å²) in [4.78, 5) is 16.6. The second-order valence-electron chi connectivity index (χ2n) is 5.99. The lowest BCUT2D eigenvalue weighted by molar-refractivity contribution is -0.133. The molecule has 5 nitrogen and oxygen atoms in total. The maximum Gasteiger partial charge on any atom is 0.244 e. The van der Waals surface area contributed by atoms with Crippen LogP contribution in [0.2, 0.25) is 10.0 Å². The van der Waals surface area contributed by atoms with Crippen molar-refractivity contribution < 1.29 is 4.79 Å². The summed E-state index contributed by atoms with van der Waals surface area (Å²) < 4.78 is 1.73. The fraction of sp³-hybridized carbons (Fsp3) is 0.412. The predicted molar refractivity (Wildman–Crippen MR) is 95.3 cm³/mol. The van der Waals surface area contributed by atoms with E-state index in [1.54, 1.807) is 10.9 Å². The summed E-state index contributed by atoms with van der Waals surface area (Å²) in [5, 5.41) is 5.55. The molecule has 0 atom stereocenters. The molecule has 2 aromatic rings. The normalized spacial score (nSPS) is 15.7. The van der Waals surface area contributed by atoms with E-state index < -0.39 is 0 Å². The van der Waals surface area contributed by atoms with Crippen molar-refractivity contribution in [2.24, 2.45) is 0 Å². The third kappa shape index (κ3) is 3.91. The van der Waals surface area contributed by atoms with Gasteiger partial charge in [0.05, 0.1) is 0 Å². The molecule has 3 rings (SSSR count). The first-order chi connectivity index (χ1) is 11.5. The fourth-order valence-corrected chi connectivity index (χ4v) is 3.37. The van der Waals surface area contributed by atoms with E-state index in [1.807, 2.05) is 36.1 Å². The van der Waals surface area contributed by atoms with Crippen molar-refractivity contribution in [1.82, 2.24) is 19.6 Å². The molecule has 0 saturated carbocycles. The van der Waals surface area contributed by atoms with Crippen LogP contribution in [0.4, 0.5) is 0 Å². The van der Waals surface area contributed by atoms with E-state index in [0.29, 0.717) is 36.2 Å². The summed E-state index contributed by atoms with van der Waals surface area (Å²) in [5.74, 6) is 0.109. The van der Waals surface area contributed by atoms with E-state index in [1.165, 1.54) is 0 Å². The predicted octanol–water partition coefficient (Wildman–Crippen LogP) is 2.84. The van der Waals surface area contributed by atoms with Crippen molar-refractivity contribution >= 4 is 29.1 Å². The van der Waals surface area contributed by atoms with Gasteiger partial charge >= 0.3 is 0 Å². The lowest BCUT2D eigenvalue weighted by Gasteiger charge is -2.35. The highest BCUT2D eigenvalue weighted by Gasteiger charge is 2.22. The van der Waals surface area contributed by atoms with Crippen molar-refractivity contribution in [3.8, 4) is 0 Å². The molecule has 24 heavy (non-hydrogen) atoms. The Labute approximate surface area is 151 Å². The van der Waals surface area contributed by atoms with E-state index in [2.05, 4.69) is 10.00 Å². The summed E-state index contributed by atoms with van der Waals surface area (Å²) in [5.41, 5.74) is 1.95. The molecular weight excluding hydrogens is 347 g/mol. The van der Waals surface area contributed by atoms with E-state index in [4.69, 9.17) is 23.2 Å². The molecule has 1 aromatic heterocycles. The van der Waals surface area contributed by atoms with Crippen LogP contribution in [0, 0.1) is 6.92 Å². The molecule has 0 unspecified atom stereocenters. The molecule has 1 aliphatic heterocycles. The van der Waals surface area contributed by atoms with Gasteiger partial charge in [-0.05, 0) is 25.1 Å². The van der Waals surface area contributed by atoms with E-state index in [0.717, 1.165) is 24.3 Å². The molecule has 0 spiro atoms. The van der Waals surface area contributed by atoms with Gasteiger partial charge in [0.2, 0.25) is 5.91 Å². The number of hydrogen-bond acceptors (Lipinski definition) is 3. The number of aryl methyl sites for hydroxylation is 1. The first-order valence-corrected chi connectivity index (χ1v) is 8.71. The minimum absolute atomic E-state index is 0.109. The van der Waals surface area contributed by atoms with Crippen LogP contribution in [0.1, 0.15) is 11.3 Å². The summed E-state index contributed by atoms with van der Waals surface area (Å²) in [7, 11) is 0. The van der Waals surface area contributed by atoms with Crippen LogP contribution < -0.4 is 0 Å². The van der Waals surface area contributed by atoms with Crippen LogP contribution in [0.25, 0.3) is 0 Å². The third-order valence-corrected chi connectivity index (χ3v) is 5.09. The lowest BCUT2D eigenvalue weighted by atomic mass is 10.2. The van der Waals surface area contributed by atoms with Crippen LogP contribution in [-0.2, 0) is 17.9 Å². The minimum atomic E-state index is 0.109. The van der Waals surface area contributed by atoms with Crippen LogP contribution in [0.5, 0.6) is 0 Å². The van der Waals surface area contributed by atoms with Gasteiger partial charge in [-0.15, -0.1) is 0 Å². The number of carbonyl (C=O) groups excluding carboxylic acids is 1. The highest BCUT2D eigenvalue weighted by molar-refractivity contribution is 6.35. The van der Waals surface area contributed by atoms with Crippen LogP contribution in [-0.4, -0.2) is 51.7 Å². The molecule has 0 aliphatic carbocycles. The lowest BCUT2D eigenvalue weighted by Crippen LogP contribution is -2.49. The highest BCUT2D eigenvalue weighted by Crippen LogP contribution is 2.26. The maximum atomic E-state index is 12.4. The smallest absolute Gasteiger partial charge is 0.244 e. The fourth-order valence-electron chi connectivity index (χ4n) is 2.85.